The van der Waals surface area contributed by atoms with E-state index in [2.05, 4.69) is 6.58 Å². The molecule has 0 aliphatic rings. The number of aryl methyl sites for hydroxylation is 1. The van der Waals surface area contributed by atoms with E-state index in [1.54, 1.807) is 18.2 Å². The molecular formula is C26H18F4. The van der Waals surface area contributed by atoms with Gasteiger partial charge in [0.05, 0.1) is 0 Å². The Kier molecular flexibility index (Phi) is 5.40. The molecule has 0 atom stereocenters. The van der Waals surface area contributed by atoms with Gasteiger partial charge in [-0.2, -0.15) is 0 Å². The Bertz CT molecular complexity index is 1260. The average Bonchev–Trinajstić information content (AvgIpc) is 2.74. The van der Waals surface area contributed by atoms with Gasteiger partial charge in [-0.05, 0) is 53.1 Å². The quantitative estimate of drug-likeness (QED) is 0.234. The fraction of sp³-hybridized carbons (Fsp3) is 0.0769. The molecule has 4 aromatic rings. The summed E-state index contributed by atoms with van der Waals surface area (Å²) in [5.41, 5.74) is 2.07. The maximum Gasteiger partial charge on any atom is 0.159 e. The minimum Gasteiger partial charge on any atom is -0.206 e. The third-order valence-electron chi connectivity index (χ3n) is 5.17. The molecule has 0 unspecified atom stereocenters. The summed E-state index contributed by atoms with van der Waals surface area (Å²) in [4.78, 5) is 0. The van der Waals surface area contributed by atoms with Crippen LogP contribution in [0.25, 0.3) is 33.0 Å². The molecule has 0 amide bonds. The van der Waals surface area contributed by atoms with Crippen molar-refractivity contribution in [2.75, 3.05) is 0 Å². The second-order valence-corrected chi connectivity index (χ2v) is 7.13. The van der Waals surface area contributed by atoms with Gasteiger partial charge < -0.3 is 0 Å². The van der Waals surface area contributed by atoms with Crippen LogP contribution in [-0.2, 0) is 6.42 Å². The van der Waals surface area contributed by atoms with Gasteiger partial charge in [0.2, 0.25) is 0 Å². The van der Waals surface area contributed by atoms with E-state index in [-0.39, 0.29) is 16.7 Å². The van der Waals surface area contributed by atoms with E-state index in [9.17, 15) is 13.2 Å². The number of hydrogen-bond acceptors (Lipinski definition) is 0. The summed E-state index contributed by atoms with van der Waals surface area (Å²) in [6, 6.07) is 16.4. The first-order valence-electron chi connectivity index (χ1n) is 9.55. The molecule has 4 heteroatoms. The van der Waals surface area contributed by atoms with Crippen molar-refractivity contribution in [3.63, 3.8) is 0 Å². The Morgan fingerprint density at radius 1 is 0.667 bits per heavy atom. The SMILES string of the molecule is C=CCCc1ccc2c(F)c(-c3ccc(-c4ccc(F)c(F)c4)c(F)c3)ccc2c1. The van der Waals surface area contributed by atoms with Crippen LogP contribution in [0.15, 0.2) is 79.4 Å². The van der Waals surface area contributed by atoms with Gasteiger partial charge in [0.25, 0.3) is 0 Å². The van der Waals surface area contributed by atoms with E-state index in [1.807, 2.05) is 24.3 Å². The molecule has 0 aliphatic heterocycles. The highest BCUT2D eigenvalue weighted by molar-refractivity contribution is 5.89. The molecule has 0 aromatic heterocycles. The highest BCUT2D eigenvalue weighted by atomic mass is 19.2. The van der Waals surface area contributed by atoms with Gasteiger partial charge in [0.1, 0.15) is 11.6 Å². The predicted octanol–water partition coefficient (Wildman–Crippen LogP) is 7.85. The molecule has 0 bridgehead atoms. The highest BCUT2D eigenvalue weighted by Gasteiger charge is 2.14. The molecule has 30 heavy (non-hydrogen) atoms. The summed E-state index contributed by atoms with van der Waals surface area (Å²) in [5, 5.41) is 1.23. The van der Waals surface area contributed by atoms with E-state index >= 15 is 4.39 Å². The number of allylic oxidation sites excluding steroid dienone is 1. The topological polar surface area (TPSA) is 0 Å². The second-order valence-electron chi connectivity index (χ2n) is 7.13. The number of benzene rings is 4. The van der Waals surface area contributed by atoms with E-state index in [1.165, 1.54) is 18.2 Å². The Morgan fingerprint density at radius 2 is 1.37 bits per heavy atom. The van der Waals surface area contributed by atoms with Crippen LogP contribution in [0.3, 0.4) is 0 Å². The summed E-state index contributed by atoms with van der Waals surface area (Å²) >= 11 is 0. The number of halogens is 4. The van der Waals surface area contributed by atoms with Gasteiger partial charge in [0, 0.05) is 16.5 Å². The molecule has 0 N–H and O–H groups in total. The van der Waals surface area contributed by atoms with Gasteiger partial charge in [-0.1, -0.05) is 54.6 Å². The van der Waals surface area contributed by atoms with Gasteiger partial charge >= 0.3 is 0 Å². The summed E-state index contributed by atoms with van der Waals surface area (Å²) in [6.07, 6.45) is 3.52. The first-order valence-corrected chi connectivity index (χ1v) is 9.55. The Morgan fingerprint density at radius 3 is 2.10 bits per heavy atom. The van der Waals surface area contributed by atoms with Gasteiger partial charge in [-0.3, -0.25) is 0 Å². The molecule has 0 saturated carbocycles. The van der Waals surface area contributed by atoms with Crippen LogP contribution in [0, 0.1) is 23.3 Å². The van der Waals surface area contributed by atoms with E-state index in [0.29, 0.717) is 10.9 Å². The smallest absolute Gasteiger partial charge is 0.159 e. The van der Waals surface area contributed by atoms with Crippen molar-refractivity contribution >= 4 is 10.8 Å². The van der Waals surface area contributed by atoms with Crippen LogP contribution in [0.4, 0.5) is 17.6 Å². The zero-order valence-electron chi connectivity index (χ0n) is 16.1. The maximum atomic E-state index is 15.2. The number of fused-ring (bicyclic) bond motifs is 1. The molecule has 0 saturated heterocycles. The van der Waals surface area contributed by atoms with E-state index in [0.717, 1.165) is 35.9 Å². The van der Waals surface area contributed by atoms with Crippen molar-refractivity contribution in [3.05, 3.63) is 108 Å². The highest BCUT2D eigenvalue weighted by Crippen LogP contribution is 2.33. The van der Waals surface area contributed by atoms with Crippen LogP contribution in [0.1, 0.15) is 12.0 Å². The second kappa shape index (κ2) is 8.15. The molecule has 0 aliphatic carbocycles. The number of hydrogen-bond donors (Lipinski definition) is 0. The third kappa shape index (κ3) is 3.73. The Labute approximate surface area is 172 Å². The van der Waals surface area contributed by atoms with Crippen molar-refractivity contribution < 1.29 is 17.6 Å². The monoisotopic (exact) mass is 406 g/mol. The minimum atomic E-state index is -1.05. The van der Waals surface area contributed by atoms with Crippen LogP contribution < -0.4 is 0 Å². The fourth-order valence-corrected chi connectivity index (χ4v) is 3.57. The molecule has 0 spiro atoms. The zero-order chi connectivity index (χ0) is 21.3. The van der Waals surface area contributed by atoms with Crippen molar-refractivity contribution in [1.82, 2.24) is 0 Å². The summed E-state index contributed by atoms with van der Waals surface area (Å²) in [6.45, 7) is 3.71. The molecule has 0 fully saturated rings. The third-order valence-corrected chi connectivity index (χ3v) is 5.17. The first kappa shape index (κ1) is 19.9. The largest absolute Gasteiger partial charge is 0.206 e. The minimum absolute atomic E-state index is 0.116. The lowest BCUT2D eigenvalue weighted by atomic mass is 9.96. The van der Waals surface area contributed by atoms with Crippen LogP contribution in [0.2, 0.25) is 0 Å². The molecule has 0 heterocycles. The fourth-order valence-electron chi connectivity index (χ4n) is 3.57. The predicted molar refractivity (Wildman–Crippen MR) is 113 cm³/mol. The Balaban J connectivity index is 1.73. The standard InChI is InChI=1S/C26H18F4/c1-2-3-4-16-5-9-21-17(13-16)7-11-22(26(21)30)19-6-10-20(24(28)14-19)18-8-12-23(27)25(29)15-18/h2,5-15H,1,3-4H2. The first-order chi connectivity index (χ1) is 14.5. The molecule has 150 valence electrons. The van der Waals surface area contributed by atoms with Crippen LogP contribution in [-0.4, -0.2) is 0 Å². The average molecular weight is 406 g/mol. The van der Waals surface area contributed by atoms with Crippen LogP contribution in [0.5, 0.6) is 0 Å². The summed E-state index contributed by atoms with van der Waals surface area (Å²) in [5.74, 6) is -3.12. The zero-order valence-corrected chi connectivity index (χ0v) is 16.1. The molecular weight excluding hydrogens is 388 g/mol. The normalized spacial score (nSPS) is 11.1. The molecule has 0 radical (unpaired) electrons. The van der Waals surface area contributed by atoms with Crippen LogP contribution >= 0.6 is 0 Å². The van der Waals surface area contributed by atoms with Crippen molar-refractivity contribution in [2.45, 2.75) is 12.8 Å². The van der Waals surface area contributed by atoms with Gasteiger partial charge in [0.15, 0.2) is 11.6 Å². The molecule has 0 nitrogen and oxygen atoms in total. The lowest BCUT2D eigenvalue weighted by molar-refractivity contribution is 0.509. The Hall–Kier alpha value is -3.40. The lowest BCUT2D eigenvalue weighted by Gasteiger charge is -2.11. The van der Waals surface area contributed by atoms with Crippen molar-refractivity contribution in [3.8, 4) is 22.3 Å². The van der Waals surface area contributed by atoms with Crippen molar-refractivity contribution in [1.29, 1.82) is 0 Å². The van der Waals surface area contributed by atoms with E-state index < -0.39 is 23.3 Å². The summed E-state index contributed by atoms with van der Waals surface area (Å²) < 4.78 is 56.5. The van der Waals surface area contributed by atoms with Crippen molar-refractivity contribution in [2.24, 2.45) is 0 Å². The number of rotatable bonds is 5. The van der Waals surface area contributed by atoms with Gasteiger partial charge in [-0.15, -0.1) is 6.58 Å². The maximum absolute atomic E-state index is 15.2. The van der Waals surface area contributed by atoms with E-state index in [4.69, 9.17) is 0 Å². The summed E-state index contributed by atoms with van der Waals surface area (Å²) in [7, 11) is 0. The molecule has 4 aromatic carbocycles. The lowest BCUT2D eigenvalue weighted by Crippen LogP contribution is -1.92. The van der Waals surface area contributed by atoms with Gasteiger partial charge in [-0.25, -0.2) is 17.6 Å². The molecule has 4 rings (SSSR count).